The maximum atomic E-state index is 9.70. The van der Waals surface area contributed by atoms with Crippen molar-refractivity contribution in [2.75, 3.05) is 13.2 Å². The smallest absolute Gasteiger partial charge is 0.0502 e. The fourth-order valence-corrected chi connectivity index (χ4v) is 3.09. The van der Waals surface area contributed by atoms with Crippen molar-refractivity contribution in [3.8, 4) is 0 Å². The van der Waals surface area contributed by atoms with Crippen LogP contribution in [0, 0.1) is 11.3 Å². The van der Waals surface area contributed by atoms with Crippen LogP contribution in [0.15, 0.2) is 22.7 Å². The summed E-state index contributed by atoms with van der Waals surface area (Å²) in [6, 6.07) is 5.84. The van der Waals surface area contributed by atoms with Crippen molar-refractivity contribution >= 4 is 27.5 Å². The van der Waals surface area contributed by atoms with E-state index in [0.717, 1.165) is 21.5 Å². The van der Waals surface area contributed by atoms with Crippen LogP contribution in [-0.4, -0.2) is 18.3 Å². The van der Waals surface area contributed by atoms with Crippen LogP contribution in [0.4, 0.5) is 0 Å². The van der Waals surface area contributed by atoms with E-state index in [1.807, 2.05) is 18.2 Å². The molecule has 2 nitrogen and oxygen atoms in total. The standard InChI is InChI=1S/C14H21BrClNO/c1-10(2)6-14(8-17,9-18)7-11-3-4-12(15)5-13(11)16/h3-5,10,18H,6-9,17H2,1-2H3. The SMILES string of the molecule is CC(C)CC(CN)(CO)Cc1ccc(Br)cc1Cl. The first-order valence-corrected chi connectivity index (χ1v) is 7.34. The summed E-state index contributed by atoms with van der Waals surface area (Å²) in [6.45, 7) is 4.84. The Balaban J connectivity index is 2.95. The Kier molecular flexibility index (Phi) is 6.12. The molecule has 1 aromatic rings. The highest BCUT2D eigenvalue weighted by molar-refractivity contribution is 9.10. The van der Waals surface area contributed by atoms with Gasteiger partial charge in [-0.3, -0.25) is 0 Å². The molecule has 1 unspecified atom stereocenters. The molecule has 3 N–H and O–H groups in total. The van der Waals surface area contributed by atoms with Crippen molar-refractivity contribution in [1.82, 2.24) is 0 Å². The zero-order chi connectivity index (χ0) is 13.8. The van der Waals surface area contributed by atoms with E-state index in [0.29, 0.717) is 18.9 Å². The topological polar surface area (TPSA) is 46.2 Å². The highest BCUT2D eigenvalue weighted by Gasteiger charge is 2.30. The minimum atomic E-state index is -0.272. The minimum absolute atomic E-state index is 0.0913. The van der Waals surface area contributed by atoms with Gasteiger partial charge in [0.25, 0.3) is 0 Å². The molecule has 0 aromatic heterocycles. The highest BCUT2D eigenvalue weighted by Crippen LogP contribution is 2.33. The van der Waals surface area contributed by atoms with Gasteiger partial charge in [0.2, 0.25) is 0 Å². The molecular formula is C14H21BrClNO. The second-order valence-corrected chi connectivity index (χ2v) is 6.70. The van der Waals surface area contributed by atoms with Gasteiger partial charge in [0.05, 0.1) is 6.61 Å². The molecule has 0 fully saturated rings. The van der Waals surface area contributed by atoms with Gasteiger partial charge < -0.3 is 10.8 Å². The molecule has 0 radical (unpaired) electrons. The van der Waals surface area contributed by atoms with Crippen LogP contribution in [0.5, 0.6) is 0 Å². The third-order valence-electron chi connectivity index (χ3n) is 3.19. The molecule has 0 bridgehead atoms. The minimum Gasteiger partial charge on any atom is -0.396 e. The van der Waals surface area contributed by atoms with E-state index in [9.17, 15) is 5.11 Å². The lowest BCUT2D eigenvalue weighted by Gasteiger charge is -2.32. The van der Waals surface area contributed by atoms with Crippen LogP contribution < -0.4 is 5.73 Å². The first kappa shape index (κ1) is 16.0. The Morgan fingerprint density at radius 1 is 1.44 bits per heavy atom. The van der Waals surface area contributed by atoms with Crippen LogP contribution in [0.25, 0.3) is 0 Å². The van der Waals surface area contributed by atoms with E-state index in [1.54, 1.807) is 0 Å². The number of rotatable bonds is 6. The summed E-state index contributed by atoms with van der Waals surface area (Å²) in [5, 5.41) is 10.4. The van der Waals surface area contributed by atoms with Gasteiger partial charge in [0, 0.05) is 21.5 Å². The van der Waals surface area contributed by atoms with Gasteiger partial charge in [0.15, 0.2) is 0 Å². The molecule has 4 heteroatoms. The van der Waals surface area contributed by atoms with Gasteiger partial charge in [-0.1, -0.05) is 47.4 Å². The van der Waals surface area contributed by atoms with Crippen LogP contribution in [0.1, 0.15) is 25.8 Å². The second-order valence-electron chi connectivity index (χ2n) is 5.37. The summed E-state index contributed by atoms with van der Waals surface area (Å²) in [5.74, 6) is 0.495. The Morgan fingerprint density at radius 2 is 2.11 bits per heavy atom. The van der Waals surface area contributed by atoms with E-state index < -0.39 is 0 Å². The molecule has 0 heterocycles. The van der Waals surface area contributed by atoms with E-state index in [-0.39, 0.29) is 12.0 Å². The largest absolute Gasteiger partial charge is 0.396 e. The summed E-state index contributed by atoms with van der Waals surface area (Å²) in [4.78, 5) is 0. The molecule has 0 saturated carbocycles. The summed E-state index contributed by atoms with van der Waals surface area (Å²) < 4.78 is 0.961. The number of benzene rings is 1. The number of aliphatic hydroxyl groups excluding tert-OH is 1. The van der Waals surface area contributed by atoms with Gasteiger partial charge in [0.1, 0.15) is 0 Å². The van der Waals surface area contributed by atoms with Crippen LogP contribution >= 0.6 is 27.5 Å². The maximum Gasteiger partial charge on any atom is 0.0502 e. The Labute approximate surface area is 123 Å². The molecule has 0 aliphatic heterocycles. The van der Waals surface area contributed by atoms with Crippen molar-refractivity contribution in [3.05, 3.63) is 33.3 Å². The predicted molar refractivity (Wildman–Crippen MR) is 80.9 cm³/mol. The van der Waals surface area contributed by atoms with E-state index in [2.05, 4.69) is 29.8 Å². The van der Waals surface area contributed by atoms with Crippen molar-refractivity contribution < 1.29 is 5.11 Å². The molecule has 0 saturated heterocycles. The fraction of sp³-hybridized carbons (Fsp3) is 0.571. The third kappa shape index (κ3) is 4.23. The molecular weight excluding hydrogens is 314 g/mol. The average Bonchev–Trinajstić information content (AvgIpc) is 2.31. The molecule has 1 rings (SSSR count). The second kappa shape index (κ2) is 6.90. The monoisotopic (exact) mass is 333 g/mol. The maximum absolute atomic E-state index is 9.70. The Morgan fingerprint density at radius 3 is 2.56 bits per heavy atom. The first-order chi connectivity index (χ1) is 8.42. The van der Waals surface area contributed by atoms with E-state index in [1.165, 1.54) is 0 Å². The number of aliphatic hydroxyl groups is 1. The van der Waals surface area contributed by atoms with Crippen molar-refractivity contribution in [3.63, 3.8) is 0 Å². The normalized spacial score (nSPS) is 14.8. The Hall–Kier alpha value is -0.0900. The zero-order valence-corrected chi connectivity index (χ0v) is 13.3. The lowest BCUT2D eigenvalue weighted by atomic mass is 9.76. The molecule has 102 valence electrons. The van der Waals surface area contributed by atoms with Gasteiger partial charge >= 0.3 is 0 Å². The van der Waals surface area contributed by atoms with Crippen molar-refractivity contribution in [2.45, 2.75) is 26.7 Å². The predicted octanol–water partition coefficient (Wildman–Crippen LogP) is 3.63. The van der Waals surface area contributed by atoms with Crippen LogP contribution in [0.2, 0.25) is 5.02 Å². The number of nitrogens with two attached hydrogens (primary N) is 1. The highest BCUT2D eigenvalue weighted by atomic mass is 79.9. The zero-order valence-electron chi connectivity index (χ0n) is 10.9. The average molecular weight is 335 g/mol. The molecule has 1 aromatic carbocycles. The van der Waals surface area contributed by atoms with Gasteiger partial charge in [-0.2, -0.15) is 0 Å². The molecule has 0 aliphatic rings. The molecule has 0 aliphatic carbocycles. The molecule has 0 spiro atoms. The van der Waals surface area contributed by atoms with Crippen LogP contribution in [-0.2, 0) is 6.42 Å². The lowest BCUT2D eigenvalue weighted by molar-refractivity contribution is 0.108. The summed E-state index contributed by atoms with van der Waals surface area (Å²) >= 11 is 9.63. The first-order valence-electron chi connectivity index (χ1n) is 6.17. The number of hydrogen-bond donors (Lipinski definition) is 2. The Bertz CT molecular complexity index is 391. The van der Waals surface area contributed by atoms with Crippen molar-refractivity contribution in [2.24, 2.45) is 17.1 Å². The number of halogens is 2. The van der Waals surface area contributed by atoms with Crippen molar-refractivity contribution in [1.29, 1.82) is 0 Å². The number of hydrogen-bond acceptors (Lipinski definition) is 2. The summed E-state index contributed by atoms with van der Waals surface area (Å²) in [6.07, 6.45) is 1.61. The quantitative estimate of drug-likeness (QED) is 0.834. The summed E-state index contributed by atoms with van der Waals surface area (Å²) in [7, 11) is 0. The molecule has 1 atom stereocenters. The third-order valence-corrected chi connectivity index (χ3v) is 4.04. The van der Waals surface area contributed by atoms with E-state index in [4.69, 9.17) is 17.3 Å². The fourth-order valence-electron chi connectivity index (χ4n) is 2.35. The molecule has 18 heavy (non-hydrogen) atoms. The summed E-state index contributed by atoms with van der Waals surface area (Å²) in [5.41, 5.74) is 6.65. The molecule has 0 amide bonds. The lowest BCUT2D eigenvalue weighted by Crippen LogP contribution is -2.37. The van der Waals surface area contributed by atoms with Gasteiger partial charge in [-0.15, -0.1) is 0 Å². The van der Waals surface area contributed by atoms with Gasteiger partial charge in [-0.05, 0) is 36.5 Å². The van der Waals surface area contributed by atoms with Crippen LogP contribution in [0.3, 0.4) is 0 Å². The van der Waals surface area contributed by atoms with E-state index >= 15 is 0 Å². The van der Waals surface area contributed by atoms with Gasteiger partial charge in [-0.25, -0.2) is 0 Å².